The number of amides is 1. The number of hydrogen-bond donors (Lipinski definition) is 0. The van der Waals surface area contributed by atoms with E-state index in [4.69, 9.17) is 12.2 Å². The van der Waals surface area contributed by atoms with Crippen molar-refractivity contribution in [1.29, 1.82) is 0 Å². The molecule has 2 rings (SSSR count). The number of aliphatic carboxylic acids is 1. The fourth-order valence-electron chi connectivity index (χ4n) is 2.36. The van der Waals surface area contributed by atoms with Gasteiger partial charge in [-0.25, -0.2) is 0 Å². The molecule has 0 aliphatic carbocycles. The van der Waals surface area contributed by atoms with Crippen LogP contribution in [-0.4, -0.2) is 27.1 Å². The van der Waals surface area contributed by atoms with Gasteiger partial charge in [-0.15, -0.1) is 0 Å². The zero-order valence-corrected chi connectivity index (χ0v) is 15.1. The van der Waals surface area contributed by atoms with Crippen LogP contribution in [0.4, 0.5) is 0 Å². The maximum Gasteiger partial charge on any atom is 0.266 e. The van der Waals surface area contributed by atoms with Crippen LogP contribution in [0, 0.1) is 5.92 Å². The Morgan fingerprint density at radius 3 is 2.62 bits per heavy atom. The molecule has 0 N–H and O–H groups in total. The Morgan fingerprint density at radius 1 is 1.38 bits per heavy atom. The van der Waals surface area contributed by atoms with Crippen molar-refractivity contribution in [2.75, 3.05) is 0 Å². The van der Waals surface area contributed by atoms with Crippen LogP contribution >= 0.6 is 24.0 Å². The van der Waals surface area contributed by atoms with Crippen LogP contribution in [0.15, 0.2) is 47.4 Å². The molecule has 0 unspecified atom stereocenters. The summed E-state index contributed by atoms with van der Waals surface area (Å²) in [5, 5.41) is 11.5. The summed E-state index contributed by atoms with van der Waals surface area (Å²) in [4.78, 5) is 25.6. The molecular weight excluding hydrogens is 342 g/mol. The Hall–Kier alpha value is -1.92. The second kappa shape index (κ2) is 8.26. The summed E-state index contributed by atoms with van der Waals surface area (Å²) in [7, 11) is 0. The molecule has 1 amide bonds. The molecule has 0 bridgehead atoms. The van der Waals surface area contributed by atoms with Crippen LogP contribution < -0.4 is 5.11 Å². The molecule has 0 radical (unpaired) electrons. The molecule has 1 saturated heterocycles. The van der Waals surface area contributed by atoms with Crippen LogP contribution in [0.1, 0.15) is 25.8 Å². The lowest BCUT2D eigenvalue weighted by Gasteiger charge is -2.32. The number of rotatable bonds is 6. The van der Waals surface area contributed by atoms with Crippen LogP contribution in [-0.2, 0) is 9.59 Å². The van der Waals surface area contributed by atoms with Crippen molar-refractivity contribution >= 4 is 46.3 Å². The first-order chi connectivity index (χ1) is 11.5. The number of allylic oxidation sites excluding steroid dienone is 2. The molecule has 1 fully saturated rings. The maximum absolute atomic E-state index is 12.5. The third-order valence-corrected chi connectivity index (χ3v) is 5.21. The van der Waals surface area contributed by atoms with Gasteiger partial charge in [0.1, 0.15) is 4.32 Å². The summed E-state index contributed by atoms with van der Waals surface area (Å²) in [5.41, 5.74) is 1.01. The van der Waals surface area contributed by atoms with E-state index in [0.717, 1.165) is 17.3 Å². The first-order valence-electron chi connectivity index (χ1n) is 7.65. The van der Waals surface area contributed by atoms with Gasteiger partial charge in [-0.3, -0.25) is 9.69 Å². The molecular formula is C18H18NO3S2-. The minimum atomic E-state index is -1.28. The molecule has 6 heteroatoms. The number of nitrogens with zero attached hydrogens (tertiary/aromatic N) is 1. The summed E-state index contributed by atoms with van der Waals surface area (Å²) < 4.78 is 0.258. The second-order valence-corrected chi connectivity index (χ2v) is 7.17. The van der Waals surface area contributed by atoms with E-state index in [0.29, 0.717) is 11.3 Å². The average Bonchev–Trinajstić information content (AvgIpc) is 2.83. The van der Waals surface area contributed by atoms with Gasteiger partial charge in [-0.1, -0.05) is 86.7 Å². The quantitative estimate of drug-likeness (QED) is 0.576. The molecule has 126 valence electrons. The Morgan fingerprint density at radius 2 is 2.04 bits per heavy atom. The Balaban J connectivity index is 2.20. The fraction of sp³-hybridized carbons (Fsp3) is 0.278. The highest BCUT2D eigenvalue weighted by Gasteiger charge is 2.39. The number of carboxylic acids is 1. The zero-order valence-electron chi connectivity index (χ0n) is 13.5. The zero-order chi connectivity index (χ0) is 17.7. The Kier molecular flexibility index (Phi) is 6.34. The van der Waals surface area contributed by atoms with Crippen molar-refractivity contribution in [2.45, 2.75) is 26.3 Å². The lowest BCUT2D eigenvalue weighted by atomic mass is 9.98. The predicted molar refractivity (Wildman–Crippen MR) is 98.8 cm³/mol. The first kappa shape index (κ1) is 18.4. The average molecular weight is 360 g/mol. The number of benzene rings is 1. The van der Waals surface area contributed by atoms with Crippen molar-refractivity contribution in [1.82, 2.24) is 4.90 Å². The van der Waals surface area contributed by atoms with Crippen LogP contribution in [0.25, 0.3) is 6.08 Å². The van der Waals surface area contributed by atoms with Gasteiger partial charge in [-0.05, 0) is 17.6 Å². The number of thiocarbonyl (C=S) groups is 1. The molecule has 1 aliphatic heterocycles. The van der Waals surface area contributed by atoms with Crippen molar-refractivity contribution in [3.8, 4) is 0 Å². The monoisotopic (exact) mass is 360 g/mol. The molecule has 1 heterocycles. The Bertz CT molecular complexity index is 697. The number of carbonyl (C=O) groups excluding carboxylic acids is 2. The minimum absolute atomic E-state index is 0.239. The van der Waals surface area contributed by atoms with Crippen LogP contribution in [0.5, 0.6) is 0 Å². The standard InChI is InChI=1S/C18H19NO3S2/c1-3-12(2)15(17(21)22)19-16(20)14(24-18(19)23)11-7-10-13-8-5-4-6-9-13/h4-12,15H,3H2,1-2H3,(H,21,22)/p-1/b10-7+,14-11-/t12-,15+/m1/s1. The third-order valence-electron chi connectivity index (χ3n) is 3.86. The predicted octanol–water partition coefficient (Wildman–Crippen LogP) is 2.61. The summed E-state index contributed by atoms with van der Waals surface area (Å²) in [6.45, 7) is 3.65. The molecule has 1 aliphatic rings. The molecule has 2 atom stereocenters. The van der Waals surface area contributed by atoms with Crippen molar-refractivity contribution in [3.05, 3.63) is 53.0 Å². The molecule has 0 spiro atoms. The molecule has 1 aromatic carbocycles. The van der Waals surface area contributed by atoms with Gasteiger partial charge in [0.2, 0.25) is 0 Å². The molecule has 1 aromatic rings. The summed E-state index contributed by atoms with van der Waals surface area (Å²) in [6.07, 6.45) is 5.91. The highest BCUT2D eigenvalue weighted by atomic mass is 32.2. The smallest absolute Gasteiger partial charge is 0.266 e. The van der Waals surface area contributed by atoms with E-state index in [9.17, 15) is 14.7 Å². The summed E-state index contributed by atoms with van der Waals surface area (Å²) in [5.74, 6) is -1.89. The van der Waals surface area contributed by atoms with E-state index in [-0.39, 0.29) is 16.1 Å². The van der Waals surface area contributed by atoms with Crippen molar-refractivity contribution in [3.63, 3.8) is 0 Å². The topological polar surface area (TPSA) is 60.4 Å². The lowest BCUT2D eigenvalue weighted by molar-refractivity contribution is -0.311. The van der Waals surface area contributed by atoms with E-state index in [1.165, 1.54) is 4.90 Å². The van der Waals surface area contributed by atoms with Gasteiger partial charge < -0.3 is 9.90 Å². The normalized spacial score (nSPS) is 19.2. The third kappa shape index (κ3) is 4.13. The molecule has 0 saturated carbocycles. The largest absolute Gasteiger partial charge is 0.548 e. The van der Waals surface area contributed by atoms with E-state index in [1.54, 1.807) is 19.1 Å². The Labute approximate surface area is 151 Å². The van der Waals surface area contributed by atoms with Crippen LogP contribution in [0.3, 0.4) is 0 Å². The van der Waals surface area contributed by atoms with Gasteiger partial charge in [-0.2, -0.15) is 0 Å². The van der Waals surface area contributed by atoms with Crippen LogP contribution in [0.2, 0.25) is 0 Å². The number of carbonyl (C=O) groups is 2. The number of thioether (sulfide) groups is 1. The molecule has 0 aromatic heterocycles. The maximum atomic E-state index is 12.5. The van der Waals surface area contributed by atoms with Gasteiger partial charge in [0.05, 0.1) is 16.9 Å². The summed E-state index contributed by atoms with van der Waals surface area (Å²) in [6, 6.07) is 8.64. The fourth-order valence-corrected chi connectivity index (χ4v) is 3.64. The van der Waals surface area contributed by atoms with E-state index in [2.05, 4.69) is 0 Å². The minimum Gasteiger partial charge on any atom is -0.548 e. The van der Waals surface area contributed by atoms with Crippen molar-refractivity contribution < 1.29 is 14.7 Å². The van der Waals surface area contributed by atoms with Gasteiger partial charge in [0.15, 0.2) is 0 Å². The van der Waals surface area contributed by atoms with E-state index < -0.39 is 12.0 Å². The highest BCUT2D eigenvalue weighted by Crippen LogP contribution is 2.34. The van der Waals surface area contributed by atoms with E-state index in [1.807, 2.05) is 43.3 Å². The highest BCUT2D eigenvalue weighted by molar-refractivity contribution is 8.26. The number of hydrogen-bond acceptors (Lipinski definition) is 5. The lowest BCUT2D eigenvalue weighted by Crippen LogP contribution is -2.53. The van der Waals surface area contributed by atoms with E-state index >= 15 is 0 Å². The summed E-state index contributed by atoms with van der Waals surface area (Å²) >= 11 is 6.33. The second-order valence-electron chi connectivity index (χ2n) is 5.49. The number of carboxylic acid groups (broad SMARTS) is 1. The molecule has 4 nitrogen and oxygen atoms in total. The SMILES string of the molecule is CC[C@@H](C)[C@@H](C(=O)[O-])N1C(=O)/C(=C/C=C/c2ccccc2)SC1=S. The molecule has 24 heavy (non-hydrogen) atoms. The van der Waals surface area contributed by atoms with Gasteiger partial charge in [0.25, 0.3) is 5.91 Å². The van der Waals surface area contributed by atoms with Gasteiger partial charge in [0, 0.05) is 0 Å². The first-order valence-corrected chi connectivity index (χ1v) is 8.87. The van der Waals surface area contributed by atoms with Gasteiger partial charge >= 0.3 is 0 Å². The van der Waals surface area contributed by atoms with Crippen molar-refractivity contribution in [2.24, 2.45) is 5.92 Å².